The van der Waals surface area contributed by atoms with Crippen molar-refractivity contribution in [2.24, 2.45) is 0 Å². The van der Waals surface area contributed by atoms with Gasteiger partial charge in [-0.2, -0.15) is 0 Å². The summed E-state index contributed by atoms with van der Waals surface area (Å²) in [5.74, 6) is -0.368. The summed E-state index contributed by atoms with van der Waals surface area (Å²) in [6.07, 6.45) is 1.49. The first kappa shape index (κ1) is 23.2. The van der Waals surface area contributed by atoms with Gasteiger partial charge in [0.2, 0.25) is 16.0 Å². The van der Waals surface area contributed by atoms with Gasteiger partial charge in [-0.25, -0.2) is 32.2 Å². The molecule has 1 aromatic carbocycles. The lowest BCUT2D eigenvalue weighted by Gasteiger charge is -2.26. The number of benzene rings is 1. The molecule has 0 radical (unpaired) electrons. The van der Waals surface area contributed by atoms with Gasteiger partial charge in [-0.05, 0) is 37.1 Å². The number of nitrogens with one attached hydrogen (secondary N) is 3. The molecule has 3 N–H and O–H groups in total. The molecule has 4 rings (SSSR count). The van der Waals surface area contributed by atoms with E-state index in [0.717, 1.165) is 5.56 Å². The van der Waals surface area contributed by atoms with Crippen molar-refractivity contribution in [3.63, 3.8) is 0 Å². The van der Waals surface area contributed by atoms with Crippen LogP contribution in [0.25, 0.3) is 22.3 Å². The minimum absolute atomic E-state index is 0.0813. The lowest BCUT2D eigenvalue weighted by Crippen LogP contribution is -2.44. The summed E-state index contributed by atoms with van der Waals surface area (Å²) in [7, 11) is -3.59. The summed E-state index contributed by atoms with van der Waals surface area (Å²) in [4.78, 5) is 13.4. The quantitative estimate of drug-likeness (QED) is 0.480. The van der Waals surface area contributed by atoms with E-state index in [2.05, 4.69) is 30.3 Å². The second kappa shape index (κ2) is 9.52. The van der Waals surface area contributed by atoms with Crippen LogP contribution < -0.4 is 15.4 Å². The predicted octanol–water partition coefficient (Wildman–Crippen LogP) is 3.40. The van der Waals surface area contributed by atoms with E-state index in [0.29, 0.717) is 54.2 Å². The fourth-order valence-corrected chi connectivity index (χ4v) is 4.97. The Balaban J connectivity index is 1.58. The van der Waals surface area contributed by atoms with Crippen LogP contribution in [0, 0.1) is 12.7 Å². The molecule has 1 aliphatic heterocycles. The molecule has 1 aliphatic rings. The van der Waals surface area contributed by atoms with E-state index >= 15 is 0 Å². The third kappa shape index (κ3) is 5.53. The number of halogens is 2. The highest BCUT2D eigenvalue weighted by atomic mass is 32.2. The topological polar surface area (TPSA) is 109 Å². The monoisotopic (exact) mass is 476 g/mol. The molecule has 0 aliphatic carbocycles. The Labute approximate surface area is 191 Å². The normalized spacial score (nSPS) is 18.9. The zero-order valence-corrected chi connectivity index (χ0v) is 19.2. The number of piperidine rings is 1. The number of anilines is 2. The number of fused-ring (bicyclic) bond motifs is 1. The third-order valence-corrected chi connectivity index (χ3v) is 6.85. The van der Waals surface area contributed by atoms with Crippen LogP contribution in [0.1, 0.15) is 25.3 Å². The zero-order chi connectivity index (χ0) is 23.6. The number of rotatable bonds is 7. The minimum atomic E-state index is -3.59. The van der Waals surface area contributed by atoms with Gasteiger partial charge in [-0.3, -0.25) is 4.72 Å². The molecular formula is C22H26F2N6O2S. The first-order chi connectivity index (χ1) is 15.7. The van der Waals surface area contributed by atoms with Crippen LogP contribution in [0.3, 0.4) is 0 Å². The average Bonchev–Trinajstić information content (AvgIpc) is 2.75. The van der Waals surface area contributed by atoms with Gasteiger partial charge in [0, 0.05) is 31.1 Å². The average molecular weight is 477 g/mol. The second-order valence-corrected chi connectivity index (χ2v) is 10.0. The van der Waals surface area contributed by atoms with Crippen molar-refractivity contribution in [3.05, 3.63) is 41.8 Å². The molecule has 176 valence electrons. The Kier molecular flexibility index (Phi) is 6.71. The molecule has 0 saturated carbocycles. The number of nitrogens with zero attached hydrogens (tertiary/aromatic N) is 3. The second-order valence-electron chi connectivity index (χ2n) is 8.20. The molecule has 1 fully saturated rings. The van der Waals surface area contributed by atoms with Crippen LogP contribution in [-0.2, 0) is 10.0 Å². The molecule has 2 atom stereocenters. The Hall–Kier alpha value is -2.92. The number of pyridine rings is 1. The van der Waals surface area contributed by atoms with Crippen LogP contribution in [0.5, 0.6) is 0 Å². The van der Waals surface area contributed by atoms with E-state index in [1.165, 1.54) is 12.1 Å². The molecule has 11 heteroatoms. The van der Waals surface area contributed by atoms with Crippen molar-refractivity contribution in [3.8, 4) is 11.3 Å². The maximum Gasteiger partial charge on any atom is 0.232 e. The fourth-order valence-electron chi connectivity index (χ4n) is 3.83. The van der Waals surface area contributed by atoms with Gasteiger partial charge < -0.3 is 10.6 Å². The SMILES string of the molecule is CCCS(=O)(=O)Nc1ccc(-c2cc(C)c3nc(N[C@@H]4CNC[C@@H](F)C4)ncc3n2)cc1F. The summed E-state index contributed by atoms with van der Waals surface area (Å²) < 4.78 is 54.4. The van der Waals surface area contributed by atoms with Crippen molar-refractivity contribution in [2.45, 2.75) is 38.9 Å². The third-order valence-electron chi connectivity index (χ3n) is 5.37. The first-order valence-corrected chi connectivity index (χ1v) is 12.5. The summed E-state index contributed by atoms with van der Waals surface area (Å²) in [5.41, 5.74) is 2.91. The largest absolute Gasteiger partial charge is 0.350 e. The number of aryl methyl sites for hydroxylation is 1. The van der Waals surface area contributed by atoms with E-state index in [1.807, 2.05) is 6.92 Å². The van der Waals surface area contributed by atoms with E-state index in [9.17, 15) is 17.2 Å². The highest BCUT2D eigenvalue weighted by Gasteiger charge is 2.22. The summed E-state index contributed by atoms with van der Waals surface area (Å²) in [6.45, 7) is 4.60. The van der Waals surface area contributed by atoms with Gasteiger partial charge in [-0.15, -0.1) is 0 Å². The van der Waals surface area contributed by atoms with Gasteiger partial charge in [0.25, 0.3) is 0 Å². The van der Waals surface area contributed by atoms with Crippen molar-refractivity contribution < 1.29 is 17.2 Å². The molecule has 0 spiro atoms. The molecule has 2 aromatic heterocycles. The molecule has 3 heterocycles. The Morgan fingerprint density at radius 1 is 1.21 bits per heavy atom. The van der Waals surface area contributed by atoms with Crippen LogP contribution in [0.4, 0.5) is 20.4 Å². The van der Waals surface area contributed by atoms with Crippen molar-refractivity contribution in [1.82, 2.24) is 20.3 Å². The molecule has 33 heavy (non-hydrogen) atoms. The molecular weight excluding hydrogens is 450 g/mol. The summed E-state index contributed by atoms with van der Waals surface area (Å²) in [5, 5.41) is 6.19. The number of hydrogen-bond donors (Lipinski definition) is 3. The van der Waals surface area contributed by atoms with Gasteiger partial charge in [-0.1, -0.05) is 13.0 Å². The maximum absolute atomic E-state index is 14.6. The molecule has 3 aromatic rings. The standard InChI is InChI=1S/C22H26F2N6O2S/c1-3-6-33(31,32)30-18-5-4-14(8-17(18)24)19-7-13(2)21-20(28-19)12-26-22(29-21)27-16-9-15(23)10-25-11-16/h4-5,7-8,12,15-16,25,30H,3,6,9-11H2,1-2H3,(H,26,27,29)/t15-,16-/m0/s1. The Morgan fingerprint density at radius 3 is 2.76 bits per heavy atom. The van der Waals surface area contributed by atoms with Gasteiger partial charge in [0.1, 0.15) is 17.5 Å². The van der Waals surface area contributed by atoms with Crippen LogP contribution in [-0.4, -0.2) is 54.4 Å². The van der Waals surface area contributed by atoms with Crippen molar-refractivity contribution >= 4 is 32.7 Å². The number of aromatic nitrogens is 3. The Morgan fingerprint density at radius 2 is 2.03 bits per heavy atom. The van der Waals surface area contributed by atoms with E-state index in [1.54, 1.807) is 25.3 Å². The predicted molar refractivity (Wildman–Crippen MR) is 125 cm³/mol. The first-order valence-electron chi connectivity index (χ1n) is 10.8. The maximum atomic E-state index is 14.6. The van der Waals surface area contributed by atoms with Crippen LogP contribution >= 0.6 is 0 Å². The van der Waals surface area contributed by atoms with Gasteiger partial charge in [0.05, 0.1) is 28.8 Å². The fraction of sp³-hybridized carbons (Fsp3) is 0.409. The van der Waals surface area contributed by atoms with Crippen LogP contribution in [0.2, 0.25) is 0 Å². The van der Waals surface area contributed by atoms with Gasteiger partial charge >= 0.3 is 0 Å². The minimum Gasteiger partial charge on any atom is -0.350 e. The van der Waals surface area contributed by atoms with Crippen molar-refractivity contribution in [2.75, 3.05) is 28.9 Å². The lowest BCUT2D eigenvalue weighted by atomic mass is 10.1. The smallest absolute Gasteiger partial charge is 0.232 e. The number of alkyl halides is 1. The van der Waals surface area contributed by atoms with Crippen molar-refractivity contribution in [1.29, 1.82) is 0 Å². The van der Waals surface area contributed by atoms with E-state index in [4.69, 9.17) is 0 Å². The summed E-state index contributed by atoms with van der Waals surface area (Å²) >= 11 is 0. The highest BCUT2D eigenvalue weighted by Crippen LogP contribution is 2.27. The number of sulfonamides is 1. The molecule has 0 bridgehead atoms. The zero-order valence-electron chi connectivity index (χ0n) is 18.4. The molecule has 8 nitrogen and oxygen atoms in total. The summed E-state index contributed by atoms with van der Waals surface area (Å²) in [6, 6.07) is 5.93. The van der Waals surface area contributed by atoms with E-state index in [-0.39, 0.29) is 17.5 Å². The molecule has 0 amide bonds. The molecule has 1 saturated heterocycles. The highest BCUT2D eigenvalue weighted by molar-refractivity contribution is 7.92. The van der Waals surface area contributed by atoms with E-state index < -0.39 is 22.0 Å². The molecule has 0 unspecified atom stereocenters. The lowest BCUT2D eigenvalue weighted by molar-refractivity contribution is 0.254. The Bertz CT molecular complexity index is 1270. The number of hydrogen-bond acceptors (Lipinski definition) is 7. The van der Waals surface area contributed by atoms with Gasteiger partial charge in [0.15, 0.2) is 0 Å². The van der Waals surface area contributed by atoms with Crippen LogP contribution in [0.15, 0.2) is 30.5 Å².